The van der Waals surface area contributed by atoms with E-state index in [1.54, 1.807) is 37.5 Å². The van der Waals surface area contributed by atoms with Gasteiger partial charge in [0.25, 0.3) is 5.91 Å². The lowest BCUT2D eigenvalue weighted by atomic mass is 10.0. The topological polar surface area (TPSA) is 243 Å². The zero-order chi connectivity index (χ0) is 51.4. The lowest BCUT2D eigenvalue weighted by molar-refractivity contribution is 0.0182. The average Bonchev–Trinajstić information content (AvgIpc) is 3.39. The first-order valence-corrected chi connectivity index (χ1v) is 29.4. The summed E-state index contributed by atoms with van der Waals surface area (Å²) in [6.45, 7) is 2.85. The molecule has 72 heavy (non-hydrogen) atoms. The van der Waals surface area contributed by atoms with Crippen LogP contribution in [0.15, 0.2) is 85.2 Å². The molecule has 2 aromatic carbocycles. The molecule has 1 amide bonds. The van der Waals surface area contributed by atoms with Crippen LogP contribution in [0.25, 0.3) is 0 Å². The minimum atomic E-state index is -3.80. The van der Waals surface area contributed by atoms with Gasteiger partial charge in [-0.2, -0.15) is 55.8 Å². The van der Waals surface area contributed by atoms with E-state index >= 15 is 8.78 Å². The van der Waals surface area contributed by atoms with Gasteiger partial charge in [-0.05, 0) is 48.5 Å². The lowest BCUT2D eigenvalue weighted by Crippen LogP contribution is -2.35. The summed E-state index contributed by atoms with van der Waals surface area (Å²) in [6.07, 6.45) is 5.68. The fourth-order valence-electron chi connectivity index (χ4n) is 7.32. The minimum absolute atomic E-state index is 0.0688. The third-order valence-corrected chi connectivity index (χ3v) is 18.8. The first-order valence-electron chi connectivity index (χ1n) is 23.1. The summed E-state index contributed by atoms with van der Waals surface area (Å²) in [4.78, 5) is 82.9. The van der Waals surface area contributed by atoms with Crippen molar-refractivity contribution in [2.24, 2.45) is 0 Å². The number of hydrogen-bond acceptors (Lipinski definition) is 20. The number of rotatable bonds is 18. The number of hydrogen-bond donors (Lipinski definition) is 4. The van der Waals surface area contributed by atoms with Crippen molar-refractivity contribution in [1.29, 1.82) is 0 Å². The maximum atomic E-state index is 15.3. The van der Waals surface area contributed by atoms with Gasteiger partial charge in [-0.3, -0.25) is 9.59 Å². The van der Waals surface area contributed by atoms with Gasteiger partial charge in [0.1, 0.15) is 49.7 Å². The number of aromatic nitrogens is 2. The van der Waals surface area contributed by atoms with E-state index in [2.05, 4.69) is 9.97 Å². The van der Waals surface area contributed by atoms with Gasteiger partial charge < -0.3 is 14.7 Å². The van der Waals surface area contributed by atoms with E-state index in [1.807, 2.05) is 42.3 Å². The average molecular weight is 1090 g/mol. The molecule has 0 bridgehead atoms. The fourth-order valence-corrected chi connectivity index (χ4v) is 14.9. The van der Waals surface area contributed by atoms with Crippen LogP contribution in [0, 0.1) is 11.6 Å². The molecule has 0 spiro atoms. The van der Waals surface area contributed by atoms with E-state index in [-0.39, 0.29) is 81.5 Å². The number of Topliss-reactive ketones (excluding diaryl/α,β-unsaturated/α-hetero) is 1. The Morgan fingerprint density at radius 3 is 1.38 bits per heavy atom. The second-order valence-electron chi connectivity index (χ2n) is 16.7. The summed E-state index contributed by atoms with van der Waals surface area (Å²) in [5.41, 5.74) is 0.000437. The van der Waals surface area contributed by atoms with Crippen molar-refractivity contribution in [3.63, 3.8) is 0 Å². The summed E-state index contributed by atoms with van der Waals surface area (Å²) in [5.74, 6) is -3.83. The van der Waals surface area contributed by atoms with Crippen molar-refractivity contribution in [2.75, 3.05) is 103 Å². The number of pyridine rings is 2. The standard InChI is InChI=1S/C23H32FN3O8P2.C22H29FN2O8P2/c1-26(21-7-3-4-10-25-21)11-12-27(2)22(28)19-9-8-18(17-20(19)24)23(36(29)31-13-5-14-32-36)35-37(30)33-15-6-16-34-37;1-25(21-6-2-3-10-24-21)11-9-20(26)18-8-7-17(16-19(18)23)22(34(27)29-12-4-13-30-34)33-35(28)31-14-5-15-32-35/h3-4,7-10,17,23,29-30H,5-6,11-16H2,1-2H3;2-3,6-8,10,16,22,27-28H,4-5,9,11-15H2,1H3/q2*+2. The van der Waals surface area contributed by atoms with Crippen LogP contribution < -0.4 is 9.80 Å². The van der Waals surface area contributed by atoms with Crippen LogP contribution >= 0.6 is 32.2 Å². The molecular formula is C45H61F2N5O16P4+4. The fraction of sp³-hybridized carbons (Fsp3) is 0.467. The highest BCUT2D eigenvalue weighted by Crippen LogP contribution is 2.77. The molecule has 2 aromatic heterocycles. The molecule has 4 aliphatic heterocycles. The largest absolute Gasteiger partial charge is 0.577 e. The van der Waals surface area contributed by atoms with Crippen LogP contribution in [0.2, 0.25) is 0 Å². The molecule has 4 fully saturated rings. The maximum absolute atomic E-state index is 15.3. The number of anilines is 2. The number of amides is 1. The van der Waals surface area contributed by atoms with Crippen molar-refractivity contribution in [3.8, 4) is 0 Å². The van der Waals surface area contributed by atoms with Crippen LogP contribution in [0.1, 0.15) is 75.6 Å². The van der Waals surface area contributed by atoms with E-state index < -0.39 is 67.2 Å². The Balaban J connectivity index is 0.000000212. The zero-order valence-corrected chi connectivity index (χ0v) is 43.6. The SMILES string of the molecule is CN(CCC(=O)c1ccc(C(O[P+]2(O)OCCCO2)[P+]2(O)OCCCO2)cc1F)c1ccccn1.CN(CCN(C)c1ccccn1)C(=O)c1ccc(C(O[P+]2(O)OCCCO2)[P+]2(O)OCCCO2)cc1F. The second kappa shape index (κ2) is 25.8. The van der Waals surface area contributed by atoms with E-state index in [0.717, 1.165) is 18.0 Å². The number of carbonyl (C=O) groups excluding carboxylic acids is 2. The van der Waals surface area contributed by atoms with Gasteiger partial charge in [-0.25, -0.2) is 18.7 Å². The van der Waals surface area contributed by atoms with Crippen molar-refractivity contribution >= 4 is 55.6 Å². The van der Waals surface area contributed by atoms with Crippen LogP contribution in [0.5, 0.6) is 0 Å². The van der Waals surface area contributed by atoms with E-state index in [0.29, 0.717) is 51.1 Å². The second-order valence-corrected chi connectivity index (χ2v) is 24.2. The smallest absolute Gasteiger partial charge is 0.359 e. The summed E-state index contributed by atoms with van der Waals surface area (Å²) < 4.78 is 85.1. The minimum Gasteiger partial charge on any atom is -0.359 e. The van der Waals surface area contributed by atoms with Crippen LogP contribution in [-0.4, -0.2) is 140 Å². The molecule has 4 N–H and O–H groups in total. The first kappa shape index (κ1) is 56.2. The van der Waals surface area contributed by atoms with E-state index in [4.69, 9.17) is 45.2 Å². The van der Waals surface area contributed by atoms with Crippen molar-refractivity contribution in [2.45, 2.75) is 43.8 Å². The number of ketones is 1. The van der Waals surface area contributed by atoms with Crippen LogP contribution in [0.3, 0.4) is 0 Å². The molecule has 27 heteroatoms. The number of benzene rings is 2. The summed E-state index contributed by atoms with van der Waals surface area (Å²) in [5, 5.41) is 0. The third kappa shape index (κ3) is 14.9. The number of nitrogens with zero attached hydrogens (tertiary/aromatic N) is 5. The van der Waals surface area contributed by atoms with Gasteiger partial charge >= 0.3 is 43.9 Å². The molecule has 8 rings (SSSR count). The number of likely N-dealkylation sites (N-methyl/N-ethyl adjacent to an activating group) is 2. The highest BCUT2D eigenvalue weighted by atomic mass is 31.2. The molecule has 2 atom stereocenters. The maximum Gasteiger partial charge on any atom is 0.577 e. The molecule has 0 saturated carbocycles. The van der Waals surface area contributed by atoms with Gasteiger partial charge in [0.05, 0.1) is 37.6 Å². The van der Waals surface area contributed by atoms with E-state index in [1.165, 1.54) is 29.2 Å². The Kier molecular flexibility index (Phi) is 20.2. The van der Waals surface area contributed by atoms with Crippen molar-refractivity contribution in [3.05, 3.63) is 119 Å². The normalized spacial score (nSPS) is 20.0. The predicted octanol–water partition coefficient (Wildman–Crippen LogP) is 7.99. The molecular weight excluding hydrogens is 1030 g/mol. The molecule has 6 heterocycles. The monoisotopic (exact) mass is 1090 g/mol. The van der Waals surface area contributed by atoms with Gasteiger partial charge in [0, 0.05) is 96.4 Å². The molecule has 392 valence electrons. The number of halogens is 2. The molecule has 4 saturated heterocycles. The van der Waals surface area contributed by atoms with Crippen LogP contribution in [-0.2, 0) is 45.2 Å². The van der Waals surface area contributed by atoms with Crippen molar-refractivity contribution < 1.29 is 83.2 Å². The summed E-state index contributed by atoms with van der Waals surface area (Å²) >= 11 is 0. The first-order chi connectivity index (χ1) is 34.5. The van der Waals surface area contributed by atoms with Gasteiger partial charge in [-0.1, -0.05) is 33.3 Å². The van der Waals surface area contributed by atoms with Crippen LogP contribution in [0.4, 0.5) is 20.4 Å². The quantitative estimate of drug-likeness (QED) is 0.0545. The molecule has 4 aliphatic rings. The molecule has 4 aromatic rings. The summed E-state index contributed by atoms with van der Waals surface area (Å²) in [6, 6.07) is 18.7. The van der Waals surface area contributed by atoms with Crippen molar-refractivity contribution in [1.82, 2.24) is 14.9 Å². The zero-order valence-electron chi connectivity index (χ0n) is 40.0. The Labute approximate surface area is 418 Å². The molecule has 21 nitrogen and oxygen atoms in total. The third-order valence-electron chi connectivity index (χ3n) is 11.3. The van der Waals surface area contributed by atoms with Gasteiger partial charge in [-0.15, -0.1) is 0 Å². The Bertz CT molecular complexity index is 2390. The Morgan fingerprint density at radius 2 is 0.972 bits per heavy atom. The highest BCUT2D eigenvalue weighted by molar-refractivity contribution is 7.62. The van der Waals surface area contributed by atoms with E-state index in [9.17, 15) is 29.2 Å². The summed E-state index contributed by atoms with van der Waals surface area (Å²) in [7, 11) is -9.76. The number of carbonyl (C=O) groups is 2. The Hall–Kier alpha value is -3.50. The predicted molar refractivity (Wildman–Crippen MR) is 264 cm³/mol. The van der Waals surface area contributed by atoms with Gasteiger partial charge in [0.2, 0.25) is 0 Å². The molecule has 2 unspecified atom stereocenters. The van der Waals surface area contributed by atoms with Gasteiger partial charge in [0.15, 0.2) is 5.78 Å². The highest BCUT2D eigenvalue weighted by Gasteiger charge is 2.65. The molecule has 0 radical (unpaired) electrons. The molecule has 0 aliphatic carbocycles. The lowest BCUT2D eigenvalue weighted by Gasteiger charge is -2.29. The Morgan fingerprint density at radius 1 is 0.569 bits per heavy atom.